The molecular weight excluding hydrogens is 284 g/mol. The zero-order valence-corrected chi connectivity index (χ0v) is 12.3. The Balaban J connectivity index is 2.04. The molecule has 0 spiro atoms. The maximum Gasteiger partial charge on any atom is 0.245 e. The third-order valence-corrected chi connectivity index (χ3v) is 4.23. The van der Waals surface area contributed by atoms with Crippen molar-refractivity contribution in [3.05, 3.63) is 29.3 Å². The maximum atomic E-state index is 14.0. The predicted octanol–water partition coefficient (Wildman–Crippen LogP) is 5.29. The number of ether oxygens (including phenoxy) is 1. The monoisotopic (exact) mass is 304 g/mol. The maximum absolute atomic E-state index is 14.0. The van der Waals surface area contributed by atoms with Crippen molar-refractivity contribution in [3.8, 4) is 5.75 Å². The summed E-state index contributed by atoms with van der Waals surface area (Å²) in [5, 5.41) is 0. The minimum absolute atomic E-state index is 0.0348. The minimum Gasteiger partial charge on any atom is -0.494 e. The zero-order valence-electron chi connectivity index (χ0n) is 12.3. The van der Waals surface area contributed by atoms with E-state index in [0.717, 1.165) is 6.92 Å². The average molecular weight is 304 g/mol. The molecule has 1 saturated carbocycles. The van der Waals surface area contributed by atoms with Crippen molar-refractivity contribution in [2.45, 2.75) is 50.9 Å². The molecule has 1 nitrogen and oxygen atoms in total. The standard InChI is InChI=1S/C16H20F4O/c1-16(19,20)9-10-3-5-11(6-4-10)12-7-8-13(21-2)15(18)14(12)17/h7-8,10-11H,3-6,9H2,1-2H3. The smallest absolute Gasteiger partial charge is 0.245 e. The van der Waals surface area contributed by atoms with Crippen molar-refractivity contribution in [2.24, 2.45) is 5.92 Å². The molecule has 1 fully saturated rings. The Morgan fingerprint density at radius 1 is 1.10 bits per heavy atom. The van der Waals surface area contributed by atoms with Crippen LogP contribution in [0.5, 0.6) is 5.75 Å². The quantitative estimate of drug-likeness (QED) is 0.686. The van der Waals surface area contributed by atoms with E-state index in [1.165, 1.54) is 19.2 Å². The molecule has 1 aromatic rings. The number of benzene rings is 1. The second-order valence-corrected chi connectivity index (χ2v) is 5.98. The van der Waals surface area contributed by atoms with E-state index in [4.69, 9.17) is 4.74 Å². The van der Waals surface area contributed by atoms with Gasteiger partial charge in [0.1, 0.15) is 0 Å². The van der Waals surface area contributed by atoms with E-state index in [0.29, 0.717) is 31.2 Å². The Bertz CT molecular complexity index is 488. The highest BCUT2D eigenvalue weighted by Crippen LogP contribution is 2.41. The second kappa shape index (κ2) is 6.24. The van der Waals surface area contributed by atoms with Crippen molar-refractivity contribution in [2.75, 3.05) is 7.11 Å². The molecule has 2 rings (SSSR count). The van der Waals surface area contributed by atoms with Crippen LogP contribution in [-0.4, -0.2) is 13.0 Å². The minimum atomic E-state index is -2.66. The third kappa shape index (κ3) is 3.89. The van der Waals surface area contributed by atoms with Gasteiger partial charge in [-0.2, -0.15) is 4.39 Å². The second-order valence-electron chi connectivity index (χ2n) is 5.98. The van der Waals surface area contributed by atoms with Crippen LogP contribution in [0.25, 0.3) is 0 Å². The molecule has 5 heteroatoms. The normalized spacial score (nSPS) is 23.1. The van der Waals surface area contributed by atoms with Gasteiger partial charge < -0.3 is 4.74 Å². The lowest BCUT2D eigenvalue weighted by atomic mass is 9.76. The highest BCUT2D eigenvalue weighted by atomic mass is 19.3. The highest BCUT2D eigenvalue weighted by Gasteiger charge is 2.31. The van der Waals surface area contributed by atoms with Crippen LogP contribution in [0.1, 0.15) is 50.5 Å². The predicted molar refractivity (Wildman–Crippen MR) is 72.8 cm³/mol. The molecule has 118 valence electrons. The molecule has 0 heterocycles. The van der Waals surface area contributed by atoms with Crippen molar-refractivity contribution in [3.63, 3.8) is 0 Å². The summed E-state index contributed by atoms with van der Waals surface area (Å²) in [6.07, 6.45) is 2.36. The molecule has 0 unspecified atom stereocenters. The van der Waals surface area contributed by atoms with Gasteiger partial charge in [0.25, 0.3) is 0 Å². The van der Waals surface area contributed by atoms with E-state index in [2.05, 4.69) is 0 Å². The number of alkyl halides is 2. The summed E-state index contributed by atoms with van der Waals surface area (Å²) in [7, 11) is 1.29. The number of hydrogen-bond donors (Lipinski definition) is 0. The zero-order chi connectivity index (χ0) is 15.6. The van der Waals surface area contributed by atoms with E-state index >= 15 is 0 Å². The lowest BCUT2D eigenvalue weighted by Crippen LogP contribution is -2.21. The molecule has 0 radical (unpaired) electrons. The van der Waals surface area contributed by atoms with Gasteiger partial charge in [-0.1, -0.05) is 6.07 Å². The van der Waals surface area contributed by atoms with Crippen LogP contribution in [0.3, 0.4) is 0 Å². The van der Waals surface area contributed by atoms with Crippen LogP contribution in [0, 0.1) is 17.6 Å². The van der Waals surface area contributed by atoms with E-state index in [1.807, 2.05) is 0 Å². The summed E-state index contributed by atoms with van der Waals surface area (Å²) in [5.41, 5.74) is 0.329. The van der Waals surface area contributed by atoms with Gasteiger partial charge in [0.05, 0.1) is 7.11 Å². The van der Waals surface area contributed by atoms with Crippen LogP contribution < -0.4 is 4.74 Å². The van der Waals surface area contributed by atoms with Gasteiger partial charge >= 0.3 is 0 Å². The first-order chi connectivity index (χ1) is 9.81. The van der Waals surface area contributed by atoms with E-state index in [9.17, 15) is 17.6 Å². The van der Waals surface area contributed by atoms with Gasteiger partial charge in [0, 0.05) is 6.42 Å². The average Bonchev–Trinajstić information content (AvgIpc) is 2.41. The van der Waals surface area contributed by atoms with Crippen LogP contribution in [0.15, 0.2) is 12.1 Å². The molecule has 0 aliphatic heterocycles. The molecule has 0 aromatic heterocycles. The molecule has 0 saturated heterocycles. The Hall–Kier alpha value is -1.26. The molecule has 1 aliphatic rings. The lowest BCUT2D eigenvalue weighted by Gasteiger charge is -2.30. The Morgan fingerprint density at radius 3 is 2.24 bits per heavy atom. The Labute approximate surface area is 122 Å². The molecule has 0 atom stereocenters. The van der Waals surface area contributed by atoms with Crippen LogP contribution >= 0.6 is 0 Å². The van der Waals surface area contributed by atoms with Crippen LogP contribution in [0.4, 0.5) is 17.6 Å². The Kier molecular flexibility index (Phi) is 4.79. The summed E-state index contributed by atoms with van der Waals surface area (Å²) >= 11 is 0. The van der Waals surface area contributed by atoms with E-state index < -0.39 is 17.6 Å². The summed E-state index contributed by atoms with van der Waals surface area (Å²) < 4.78 is 58.5. The van der Waals surface area contributed by atoms with E-state index in [1.54, 1.807) is 0 Å². The molecule has 1 aliphatic carbocycles. The highest BCUT2D eigenvalue weighted by molar-refractivity contribution is 5.33. The molecule has 21 heavy (non-hydrogen) atoms. The fraction of sp³-hybridized carbons (Fsp3) is 0.625. The van der Waals surface area contributed by atoms with E-state index in [-0.39, 0.29) is 24.0 Å². The largest absolute Gasteiger partial charge is 0.494 e. The SMILES string of the molecule is COc1ccc(C2CCC(CC(C)(F)F)CC2)c(F)c1F. The van der Waals surface area contributed by atoms with Gasteiger partial charge in [0.15, 0.2) is 11.6 Å². The van der Waals surface area contributed by atoms with Crippen molar-refractivity contribution in [1.82, 2.24) is 0 Å². The summed E-state index contributed by atoms with van der Waals surface area (Å²) in [6, 6.07) is 2.96. The van der Waals surface area contributed by atoms with Crippen LogP contribution in [0.2, 0.25) is 0 Å². The van der Waals surface area contributed by atoms with Gasteiger partial charge in [-0.3, -0.25) is 0 Å². The van der Waals surface area contributed by atoms with Gasteiger partial charge in [-0.25, -0.2) is 13.2 Å². The fourth-order valence-electron chi connectivity index (χ4n) is 3.20. The number of methoxy groups -OCH3 is 1. The molecular formula is C16H20F4O. The van der Waals surface area contributed by atoms with Gasteiger partial charge in [0.2, 0.25) is 11.7 Å². The molecule has 0 bridgehead atoms. The first kappa shape index (κ1) is 16.1. The van der Waals surface area contributed by atoms with Gasteiger partial charge in [-0.05, 0) is 56.1 Å². The first-order valence-corrected chi connectivity index (χ1v) is 7.21. The Morgan fingerprint density at radius 2 is 1.71 bits per heavy atom. The number of halogens is 4. The van der Waals surface area contributed by atoms with Crippen LogP contribution in [-0.2, 0) is 0 Å². The first-order valence-electron chi connectivity index (χ1n) is 7.21. The molecule has 0 N–H and O–H groups in total. The summed E-state index contributed by atoms with van der Waals surface area (Å²) in [5.74, 6) is -4.76. The number of rotatable bonds is 4. The molecule has 0 amide bonds. The van der Waals surface area contributed by atoms with Crippen molar-refractivity contribution in [1.29, 1.82) is 0 Å². The van der Waals surface area contributed by atoms with Gasteiger partial charge in [-0.15, -0.1) is 0 Å². The topological polar surface area (TPSA) is 9.23 Å². The van der Waals surface area contributed by atoms with Crippen molar-refractivity contribution >= 4 is 0 Å². The molecule has 1 aromatic carbocycles. The number of hydrogen-bond acceptors (Lipinski definition) is 1. The van der Waals surface area contributed by atoms with Crippen molar-refractivity contribution < 1.29 is 22.3 Å². The lowest BCUT2D eigenvalue weighted by molar-refractivity contribution is -0.00937. The summed E-state index contributed by atoms with van der Waals surface area (Å²) in [4.78, 5) is 0. The third-order valence-electron chi connectivity index (χ3n) is 4.23. The summed E-state index contributed by atoms with van der Waals surface area (Å²) in [6.45, 7) is 0.928. The fourth-order valence-corrected chi connectivity index (χ4v) is 3.20.